The fraction of sp³-hybridized carbons (Fsp3) is 0.500. The molecule has 1 atom stereocenters. The molecule has 0 saturated carbocycles. The molecule has 2 rings (SSSR count). The second-order valence-electron chi connectivity index (χ2n) is 4.53. The van der Waals surface area contributed by atoms with E-state index >= 15 is 0 Å². The van der Waals surface area contributed by atoms with Gasteiger partial charge in [-0.3, -0.25) is 0 Å². The Kier molecular flexibility index (Phi) is 3.28. The van der Waals surface area contributed by atoms with E-state index in [9.17, 15) is 4.79 Å². The Morgan fingerprint density at radius 3 is 2.88 bits per heavy atom. The van der Waals surface area contributed by atoms with E-state index in [4.69, 9.17) is 5.11 Å². The molecule has 2 N–H and O–H groups in total. The predicted octanol–water partition coefficient (Wildman–Crippen LogP) is 1.20. The highest BCUT2D eigenvalue weighted by Crippen LogP contribution is 2.15. The Bertz CT molecular complexity index is 434. The molecule has 1 saturated heterocycles. The number of likely N-dealkylation sites (N-methyl/N-ethyl adjacent to an activating group) is 1. The average molecular weight is 235 g/mol. The number of nitrogens with zero attached hydrogens (tertiary/aromatic N) is 2. The molecule has 1 aromatic rings. The number of aryl methyl sites for hydroxylation is 1. The van der Waals surface area contributed by atoms with Crippen LogP contribution in [0.15, 0.2) is 12.1 Å². The fourth-order valence-corrected chi connectivity index (χ4v) is 2.13. The van der Waals surface area contributed by atoms with Crippen molar-refractivity contribution in [3.8, 4) is 0 Å². The smallest absolute Gasteiger partial charge is 0.337 e. The van der Waals surface area contributed by atoms with Gasteiger partial charge in [0.05, 0.1) is 11.3 Å². The minimum absolute atomic E-state index is 0.263. The van der Waals surface area contributed by atoms with E-state index < -0.39 is 5.97 Å². The van der Waals surface area contributed by atoms with Crippen LogP contribution in [-0.2, 0) is 0 Å². The maximum atomic E-state index is 10.9. The van der Waals surface area contributed by atoms with Gasteiger partial charge in [-0.15, -0.1) is 0 Å². The third-order valence-electron chi connectivity index (χ3n) is 3.06. The molecule has 0 bridgehead atoms. The summed E-state index contributed by atoms with van der Waals surface area (Å²) in [5.74, 6) is -0.171. The summed E-state index contributed by atoms with van der Waals surface area (Å²) in [4.78, 5) is 17.4. The Hall–Kier alpha value is -1.62. The second-order valence-corrected chi connectivity index (χ2v) is 4.53. The van der Waals surface area contributed by atoms with E-state index in [-0.39, 0.29) is 5.56 Å². The number of aromatic nitrogens is 1. The largest absolute Gasteiger partial charge is 0.478 e. The van der Waals surface area contributed by atoms with Crippen LogP contribution in [0.4, 0.5) is 5.82 Å². The van der Waals surface area contributed by atoms with Crippen molar-refractivity contribution in [2.45, 2.75) is 19.4 Å². The van der Waals surface area contributed by atoms with Gasteiger partial charge in [0.15, 0.2) is 0 Å². The average Bonchev–Trinajstić information content (AvgIpc) is 2.63. The van der Waals surface area contributed by atoms with Crippen molar-refractivity contribution in [3.05, 3.63) is 23.4 Å². The monoisotopic (exact) mass is 235 g/mol. The van der Waals surface area contributed by atoms with Crippen molar-refractivity contribution in [1.82, 2.24) is 9.88 Å². The third kappa shape index (κ3) is 2.74. The highest BCUT2D eigenvalue weighted by Gasteiger charge is 2.19. The molecule has 0 aliphatic carbocycles. The number of anilines is 1. The molecular formula is C12H17N3O2. The fourth-order valence-electron chi connectivity index (χ4n) is 2.13. The highest BCUT2D eigenvalue weighted by atomic mass is 16.4. The number of hydrogen-bond donors (Lipinski definition) is 2. The molecule has 0 aromatic carbocycles. The molecule has 5 heteroatoms. The Morgan fingerprint density at radius 1 is 1.59 bits per heavy atom. The molecule has 92 valence electrons. The zero-order chi connectivity index (χ0) is 12.4. The van der Waals surface area contributed by atoms with Crippen LogP contribution in [-0.4, -0.2) is 47.1 Å². The molecular weight excluding hydrogens is 218 g/mol. The Labute approximate surface area is 100 Å². The number of likely N-dealkylation sites (tertiary alicyclic amines) is 1. The van der Waals surface area contributed by atoms with E-state index in [0.29, 0.717) is 11.7 Å². The third-order valence-corrected chi connectivity index (χ3v) is 3.06. The standard InChI is InChI=1S/C12H17N3O2/c1-8-10(12(16)17)3-4-11(13-8)14-9-5-6-15(2)7-9/h3-4,9H,5-7H2,1-2H3,(H,13,14)(H,16,17). The molecule has 2 heterocycles. The van der Waals surface area contributed by atoms with Crippen molar-refractivity contribution < 1.29 is 9.90 Å². The van der Waals surface area contributed by atoms with Crippen molar-refractivity contribution in [2.75, 3.05) is 25.5 Å². The van der Waals surface area contributed by atoms with E-state index in [1.165, 1.54) is 0 Å². The molecule has 0 amide bonds. The van der Waals surface area contributed by atoms with Gasteiger partial charge in [0, 0.05) is 12.6 Å². The Balaban J connectivity index is 2.07. The van der Waals surface area contributed by atoms with Gasteiger partial charge in [-0.1, -0.05) is 0 Å². The second kappa shape index (κ2) is 4.71. The van der Waals surface area contributed by atoms with Crippen molar-refractivity contribution in [3.63, 3.8) is 0 Å². The molecule has 0 spiro atoms. The summed E-state index contributed by atoms with van der Waals surface area (Å²) >= 11 is 0. The minimum atomic E-state index is -0.929. The number of nitrogens with one attached hydrogen (secondary N) is 1. The molecule has 1 aromatic heterocycles. The van der Waals surface area contributed by atoms with E-state index in [0.717, 1.165) is 25.3 Å². The SMILES string of the molecule is Cc1nc(NC2CCN(C)C2)ccc1C(=O)O. The zero-order valence-corrected chi connectivity index (χ0v) is 10.1. The summed E-state index contributed by atoms with van der Waals surface area (Å²) in [7, 11) is 2.09. The van der Waals surface area contributed by atoms with Crippen LogP contribution in [0, 0.1) is 6.92 Å². The number of hydrogen-bond acceptors (Lipinski definition) is 4. The lowest BCUT2D eigenvalue weighted by Gasteiger charge is -2.14. The number of carboxylic acids is 1. The van der Waals surface area contributed by atoms with Crippen LogP contribution >= 0.6 is 0 Å². The summed E-state index contributed by atoms with van der Waals surface area (Å²) in [6, 6.07) is 3.74. The Morgan fingerprint density at radius 2 is 2.35 bits per heavy atom. The lowest BCUT2D eigenvalue weighted by molar-refractivity contribution is 0.0695. The van der Waals surface area contributed by atoms with Crippen LogP contribution in [0.25, 0.3) is 0 Å². The van der Waals surface area contributed by atoms with Gasteiger partial charge < -0.3 is 15.3 Å². The zero-order valence-electron chi connectivity index (χ0n) is 10.1. The number of carbonyl (C=O) groups is 1. The summed E-state index contributed by atoms with van der Waals surface area (Å²) in [5.41, 5.74) is 0.813. The maximum absolute atomic E-state index is 10.9. The van der Waals surface area contributed by atoms with Crippen molar-refractivity contribution in [1.29, 1.82) is 0 Å². The number of rotatable bonds is 3. The molecule has 1 aliphatic heterocycles. The lowest BCUT2D eigenvalue weighted by Crippen LogP contribution is -2.24. The first kappa shape index (κ1) is 11.9. The van der Waals surface area contributed by atoms with E-state index in [1.54, 1.807) is 19.1 Å². The summed E-state index contributed by atoms with van der Waals surface area (Å²) < 4.78 is 0. The number of aromatic carboxylic acids is 1. The summed E-state index contributed by atoms with van der Waals surface area (Å²) in [6.07, 6.45) is 1.10. The number of pyridine rings is 1. The molecule has 5 nitrogen and oxygen atoms in total. The van der Waals surface area contributed by atoms with Crippen molar-refractivity contribution >= 4 is 11.8 Å². The topological polar surface area (TPSA) is 65.5 Å². The van der Waals surface area contributed by atoms with Crippen LogP contribution in [0.5, 0.6) is 0 Å². The van der Waals surface area contributed by atoms with E-state index in [1.807, 2.05) is 0 Å². The first-order chi connectivity index (χ1) is 8.06. The summed E-state index contributed by atoms with van der Waals surface area (Å²) in [6.45, 7) is 3.81. The van der Waals surface area contributed by atoms with Gasteiger partial charge in [0.2, 0.25) is 0 Å². The quantitative estimate of drug-likeness (QED) is 0.824. The summed E-state index contributed by atoms with van der Waals surface area (Å²) in [5, 5.41) is 12.2. The molecule has 1 fully saturated rings. The maximum Gasteiger partial charge on any atom is 0.337 e. The van der Waals surface area contributed by atoms with E-state index in [2.05, 4.69) is 22.2 Å². The van der Waals surface area contributed by atoms with Gasteiger partial charge in [0.25, 0.3) is 0 Å². The van der Waals surface area contributed by atoms with Gasteiger partial charge >= 0.3 is 5.97 Å². The van der Waals surface area contributed by atoms with Crippen LogP contribution < -0.4 is 5.32 Å². The van der Waals surface area contributed by atoms with Crippen LogP contribution in [0.2, 0.25) is 0 Å². The molecule has 0 radical (unpaired) electrons. The van der Waals surface area contributed by atoms with Gasteiger partial charge in [-0.25, -0.2) is 9.78 Å². The van der Waals surface area contributed by atoms with Crippen molar-refractivity contribution in [2.24, 2.45) is 0 Å². The van der Waals surface area contributed by atoms with Crippen LogP contribution in [0.1, 0.15) is 22.5 Å². The van der Waals surface area contributed by atoms with Crippen LogP contribution in [0.3, 0.4) is 0 Å². The normalized spacial score (nSPS) is 20.5. The highest BCUT2D eigenvalue weighted by molar-refractivity contribution is 5.89. The lowest BCUT2D eigenvalue weighted by atomic mass is 10.2. The predicted molar refractivity (Wildman–Crippen MR) is 65.5 cm³/mol. The minimum Gasteiger partial charge on any atom is -0.478 e. The molecule has 17 heavy (non-hydrogen) atoms. The first-order valence-electron chi connectivity index (χ1n) is 5.72. The molecule has 1 aliphatic rings. The van der Waals surface area contributed by atoms with Gasteiger partial charge in [-0.2, -0.15) is 0 Å². The number of carboxylic acid groups (broad SMARTS) is 1. The van der Waals surface area contributed by atoms with Gasteiger partial charge in [0.1, 0.15) is 5.82 Å². The molecule has 1 unspecified atom stereocenters. The van der Waals surface area contributed by atoms with Gasteiger partial charge in [-0.05, 0) is 39.1 Å². The first-order valence-corrected chi connectivity index (χ1v) is 5.72.